The van der Waals surface area contributed by atoms with Gasteiger partial charge in [0.25, 0.3) is 0 Å². The molecule has 1 fully saturated rings. The van der Waals surface area contributed by atoms with Crippen LogP contribution in [-0.4, -0.2) is 25.8 Å². The molecule has 0 saturated carbocycles. The molecule has 1 unspecified atom stereocenters. The highest BCUT2D eigenvalue weighted by Crippen LogP contribution is 2.22. The minimum atomic E-state index is -3.14. The average Bonchev–Trinajstić information content (AvgIpc) is 2.69. The third-order valence-electron chi connectivity index (χ3n) is 3.38. The lowest BCUT2D eigenvalue weighted by atomic mass is 10.1. The first-order chi connectivity index (χ1) is 7.99. The Hall–Kier alpha value is -0.870. The topological polar surface area (TPSA) is 37.4 Å². The minimum Gasteiger partial charge on any atom is -0.212 e. The molecule has 1 heterocycles. The van der Waals surface area contributed by atoms with Gasteiger partial charge in [-0.2, -0.15) is 0 Å². The minimum absolute atomic E-state index is 0.131. The zero-order valence-electron chi connectivity index (χ0n) is 10.4. The Morgan fingerprint density at radius 2 is 2.06 bits per heavy atom. The van der Waals surface area contributed by atoms with E-state index in [1.807, 2.05) is 31.2 Å². The second kappa shape index (κ2) is 4.78. The summed E-state index contributed by atoms with van der Waals surface area (Å²) in [5.41, 5.74) is 1.95. The number of hydrogen-bond acceptors (Lipinski definition) is 2. The summed E-state index contributed by atoms with van der Waals surface area (Å²) in [4.78, 5) is 0. The van der Waals surface area contributed by atoms with E-state index in [1.165, 1.54) is 0 Å². The lowest BCUT2D eigenvalue weighted by Crippen LogP contribution is -2.30. The SMILES string of the molecule is Cc1ccccc1CS(=O)(=O)N1CCC(C)C1. The van der Waals surface area contributed by atoms with Crippen molar-refractivity contribution in [1.82, 2.24) is 4.31 Å². The van der Waals surface area contributed by atoms with Crippen LogP contribution in [0.5, 0.6) is 0 Å². The first-order valence-electron chi connectivity index (χ1n) is 6.01. The zero-order valence-corrected chi connectivity index (χ0v) is 11.2. The summed E-state index contributed by atoms with van der Waals surface area (Å²) in [6.07, 6.45) is 0.979. The molecule has 4 heteroatoms. The van der Waals surface area contributed by atoms with Crippen molar-refractivity contribution in [3.05, 3.63) is 35.4 Å². The second-order valence-electron chi connectivity index (χ2n) is 4.93. The van der Waals surface area contributed by atoms with Crippen LogP contribution in [-0.2, 0) is 15.8 Å². The lowest BCUT2D eigenvalue weighted by molar-refractivity contribution is 0.463. The van der Waals surface area contributed by atoms with Crippen LogP contribution in [0.1, 0.15) is 24.5 Å². The van der Waals surface area contributed by atoms with Crippen LogP contribution in [0.4, 0.5) is 0 Å². The van der Waals surface area contributed by atoms with Crippen molar-refractivity contribution in [2.75, 3.05) is 13.1 Å². The largest absolute Gasteiger partial charge is 0.218 e. The van der Waals surface area contributed by atoms with Crippen molar-refractivity contribution < 1.29 is 8.42 Å². The molecule has 0 aliphatic carbocycles. The number of nitrogens with zero attached hydrogens (tertiary/aromatic N) is 1. The molecular formula is C13H19NO2S. The molecule has 0 N–H and O–H groups in total. The van der Waals surface area contributed by atoms with Gasteiger partial charge in [0.05, 0.1) is 5.75 Å². The standard InChI is InChI=1S/C13H19NO2S/c1-11-7-8-14(9-11)17(15,16)10-13-6-4-3-5-12(13)2/h3-6,11H,7-10H2,1-2H3. The van der Waals surface area contributed by atoms with Crippen LogP contribution in [0.15, 0.2) is 24.3 Å². The third kappa shape index (κ3) is 2.87. The van der Waals surface area contributed by atoms with E-state index in [-0.39, 0.29) is 5.75 Å². The first-order valence-corrected chi connectivity index (χ1v) is 7.62. The van der Waals surface area contributed by atoms with Crippen molar-refractivity contribution in [2.24, 2.45) is 5.92 Å². The van der Waals surface area contributed by atoms with Crippen molar-refractivity contribution in [3.63, 3.8) is 0 Å². The van der Waals surface area contributed by atoms with Gasteiger partial charge >= 0.3 is 0 Å². The van der Waals surface area contributed by atoms with Gasteiger partial charge in [0, 0.05) is 13.1 Å². The van der Waals surface area contributed by atoms with Gasteiger partial charge in [0.15, 0.2) is 0 Å². The van der Waals surface area contributed by atoms with E-state index in [0.29, 0.717) is 19.0 Å². The molecule has 94 valence electrons. The average molecular weight is 253 g/mol. The summed E-state index contributed by atoms with van der Waals surface area (Å²) in [5, 5.41) is 0. The normalized spacial score (nSPS) is 21.9. The van der Waals surface area contributed by atoms with E-state index in [0.717, 1.165) is 17.5 Å². The molecule has 3 nitrogen and oxygen atoms in total. The van der Waals surface area contributed by atoms with E-state index in [9.17, 15) is 8.42 Å². The molecule has 17 heavy (non-hydrogen) atoms. The van der Waals surface area contributed by atoms with Crippen LogP contribution in [0.3, 0.4) is 0 Å². The van der Waals surface area contributed by atoms with Crippen molar-refractivity contribution in [1.29, 1.82) is 0 Å². The highest BCUT2D eigenvalue weighted by Gasteiger charge is 2.29. The number of benzene rings is 1. The Morgan fingerprint density at radius 3 is 2.65 bits per heavy atom. The number of hydrogen-bond donors (Lipinski definition) is 0. The Kier molecular flexibility index (Phi) is 3.54. The quantitative estimate of drug-likeness (QED) is 0.828. The van der Waals surface area contributed by atoms with E-state index >= 15 is 0 Å². The molecule has 0 amide bonds. The van der Waals surface area contributed by atoms with E-state index in [4.69, 9.17) is 0 Å². The van der Waals surface area contributed by atoms with E-state index in [2.05, 4.69) is 6.92 Å². The van der Waals surface area contributed by atoms with Crippen molar-refractivity contribution in [3.8, 4) is 0 Å². The van der Waals surface area contributed by atoms with Gasteiger partial charge in [-0.15, -0.1) is 0 Å². The van der Waals surface area contributed by atoms with E-state index < -0.39 is 10.0 Å². The summed E-state index contributed by atoms with van der Waals surface area (Å²) in [5.74, 6) is 0.619. The van der Waals surface area contributed by atoms with Crippen molar-refractivity contribution >= 4 is 10.0 Å². The van der Waals surface area contributed by atoms with Crippen LogP contribution >= 0.6 is 0 Å². The summed E-state index contributed by atoms with van der Waals surface area (Å²) in [6, 6.07) is 7.68. The molecule has 0 bridgehead atoms. The predicted molar refractivity (Wildman–Crippen MR) is 69.2 cm³/mol. The highest BCUT2D eigenvalue weighted by molar-refractivity contribution is 7.88. The summed E-state index contributed by atoms with van der Waals surface area (Å²) in [7, 11) is -3.14. The Labute approximate surface area is 104 Å². The molecular weight excluding hydrogens is 234 g/mol. The molecule has 2 rings (SSSR count). The van der Waals surface area contributed by atoms with Crippen molar-refractivity contribution in [2.45, 2.75) is 26.0 Å². The summed E-state index contributed by atoms with van der Waals surface area (Å²) >= 11 is 0. The molecule has 1 aromatic carbocycles. The number of rotatable bonds is 3. The molecule has 1 aliphatic heterocycles. The molecule has 1 aromatic rings. The first kappa shape index (κ1) is 12.6. The molecule has 0 radical (unpaired) electrons. The van der Waals surface area contributed by atoms with Gasteiger partial charge in [-0.05, 0) is 30.4 Å². The number of aryl methyl sites for hydroxylation is 1. The van der Waals surface area contributed by atoms with Gasteiger partial charge < -0.3 is 0 Å². The second-order valence-corrected chi connectivity index (χ2v) is 6.90. The fourth-order valence-corrected chi connectivity index (χ4v) is 3.97. The van der Waals surface area contributed by atoms with E-state index in [1.54, 1.807) is 4.31 Å². The van der Waals surface area contributed by atoms with Crippen LogP contribution in [0, 0.1) is 12.8 Å². The summed E-state index contributed by atoms with van der Waals surface area (Å²) < 4.78 is 26.1. The van der Waals surface area contributed by atoms with Gasteiger partial charge in [0.2, 0.25) is 10.0 Å². The maximum atomic E-state index is 12.2. The van der Waals surface area contributed by atoms with Crippen LogP contribution in [0.2, 0.25) is 0 Å². The monoisotopic (exact) mass is 253 g/mol. The molecule has 1 atom stereocenters. The Balaban J connectivity index is 2.15. The maximum Gasteiger partial charge on any atom is 0.218 e. The van der Waals surface area contributed by atoms with Crippen LogP contribution in [0.25, 0.3) is 0 Å². The van der Waals surface area contributed by atoms with Gasteiger partial charge in [0.1, 0.15) is 0 Å². The highest BCUT2D eigenvalue weighted by atomic mass is 32.2. The zero-order chi connectivity index (χ0) is 12.5. The Morgan fingerprint density at radius 1 is 1.35 bits per heavy atom. The third-order valence-corrected chi connectivity index (χ3v) is 5.17. The fraction of sp³-hybridized carbons (Fsp3) is 0.538. The Bertz CT molecular complexity index is 496. The molecule has 0 aromatic heterocycles. The van der Waals surface area contributed by atoms with Gasteiger partial charge in [-0.25, -0.2) is 12.7 Å². The molecule has 1 saturated heterocycles. The fourth-order valence-electron chi connectivity index (χ4n) is 2.21. The van der Waals surface area contributed by atoms with Crippen LogP contribution < -0.4 is 0 Å². The summed E-state index contributed by atoms with van der Waals surface area (Å²) in [6.45, 7) is 5.41. The van der Waals surface area contributed by atoms with Gasteiger partial charge in [-0.3, -0.25) is 0 Å². The molecule has 0 spiro atoms. The van der Waals surface area contributed by atoms with Gasteiger partial charge in [-0.1, -0.05) is 31.2 Å². The number of sulfonamides is 1. The predicted octanol–water partition coefficient (Wildman–Crippen LogP) is 2.17. The molecule has 1 aliphatic rings. The smallest absolute Gasteiger partial charge is 0.212 e. The lowest BCUT2D eigenvalue weighted by Gasteiger charge is -2.16. The maximum absolute atomic E-state index is 12.2.